The largest absolute Gasteiger partial charge is 0.507 e. The second kappa shape index (κ2) is 7.16. The van der Waals surface area contributed by atoms with Crippen LogP contribution < -0.4 is 0 Å². The molecule has 2 aliphatic rings. The molecule has 6 N–H and O–H groups in total. The minimum Gasteiger partial charge on any atom is -0.507 e. The molecular weight excluding hydrogens is 356 g/mol. The zero-order valence-electron chi connectivity index (χ0n) is 14.6. The summed E-state index contributed by atoms with van der Waals surface area (Å²) in [6, 6.07) is 8.03. The first kappa shape index (κ1) is 19.7. The number of Topliss-reactive ketones (excluding diaryl/α,β-unsaturated/α-hetero) is 1. The van der Waals surface area contributed by atoms with E-state index in [1.807, 2.05) is 0 Å². The molecular formula is C19H22O8. The van der Waals surface area contributed by atoms with E-state index in [-0.39, 0.29) is 16.7 Å². The number of rotatable bonds is 3. The van der Waals surface area contributed by atoms with Crippen LogP contribution >= 0.6 is 0 Å². The number of benzene rings is 1. The highest BCUT2D eigenvalue weighted by molar-refractivity contribution is 6.12. The molecule has 5 atom stereocenters. The Labute approximate surface area is 155 Å². The maximum absolute atomic E-state index is 12.9. The molecule has 1 unspecified atom stereocenters. The minimum absolute atomic E-state index is 0.0702. The number of hydrogen-bond donors (Lipinski definition) is 6. The fourth-order valence-corrected chi connectivity index (χ4v) is 3.45. The SMILES string of the molecule is C[C@@H]1OC(C2=C(C(=O)c3ccccc3)C(O)=CC(O)(O)C2)[C@H](O)[C@H](O)[C@H]1O. The number of hydrogen-bond acceptors (Lipinski definition) is 8. The number of allylic oxidation sites excluding steroid dienone is 1. The molecule has 1 aliphatic carbocycles. The number of carbonyl (C=O) groups excluding carboxylic acids is 1. The van der Waals surface area contributed by atoms with Crippen LogP contribution in [0.15, 0.2) is 53.3 Å². The summed E-state index contributed by atoms with van der Waals surface area (Å²) in [5, 5.41) is 60.6. The molecule has 8 heteroatoms. The Hall–Kier alpha value is -2.07. The van der Waals surface area contributed by atoms with Crippen LogP contribution in [-0.4, -0.2) is 72.7 Å². The van der Waals surface area contributed by atoms with E-state index in [4.69, 9.17) is 4.74 Å². The van der Waals surface area contributed by atoms with Crippen molar-refractivity contribution in [1.82, 2.24) is 0 Å². The van der Waals surface area contributed by atoms with Crippen molar-refractivity contribution in [2.24, 2.45) is 0 Å². The summed E-state index contributed by atoms with van der Waals surface area (Å²) in [6.07, 6.45) is -6.57. The third-order valence-corrected chi connectivity index (χ3v) is 4.85. The quantitative estimate of drug-likeness (QED) is 0.306. The summed E-state index contributed by atoms with van der Waals surface area (Å²) in [6.45, 7) is 1.47. The van der Waals surface area contributed by atoms with Crippen LogP contribution in [0.1, 0.15) is 23.7 Å². The third kappa shape index (κ3) is 3.68. The molecule has 0 amide bonds. The topological polar surface area (TPSA) is 148 Å². The first-order valence-corrected chi connectivity index (χ1v) is 8.52. The highest BCUT2D eigenvalue weighted by Gasteiger charge is 2.47. The second-order valence-electron chi connectivity index (χ2n) is 6.91. The Bertz CT molecular complexity index is 782. The van der Waals surface area contributed by atoms with E-state index in [0.717, 1.165) is 6.08 Å². The Morgan fingerprint density at radius 2 is 1.70 bits per heavy atom. The Morgan fingerprint density at radius 1 is 1.07 bits per heavy atom. The van der Waals surface area contributed by atoms with Crippen LogP contribution in [0.3, 0.4) is 0 Å². The maximum Gasteiger partial charge on any atom is 0.196 e. The molecule has 0 spiro atoms. The van der Waals surface area contributed by atoms with Gasteiger partial charge >= 0.3 is 0 Å². The van der Waals surface area contributed by atoms with Crippen LogP contribution in [0.2, 0.25) is 0 Å². The smallest absolute Gasteiger partial charge is 0.196 e. The molecule has 146 valence electrons. The number of aliphatic hydroxyl groups is 6. The van der Waals surface area contributed by atoms with E-state index in [1.165, 1.54) is 19.1 Å². The van der Waals surface area contributed by atoms with Crippen molar-refractivity contribution in [2.75, 3.05) is 0 Å². The van der Waals surface area contributed by atoms with Gasteiger partial charge in [0.2, 0.25) is 0 Å². The lowest BCUT2D eigenvalue weighted by Gasteiger charge is -2.42. The molecule has 1 aliphatic heterocycles. The Balaban J connectivity index is 2.11. The molecule has 1 fully saturated rings. The van der Waals surface area contributed by atoms with Crippen LogP contribution in [0, 0.1) is 0 Å². The van der Waals surface area contributed by atoms with Gasteiger partial charge in [0.1, 0.15) is 30.2 Å². The molecule has 0 bridgehead atoms. The average Bonchev–Trinajstić information content (AvgIpc) is 2.62. The highest BCUT2D eigenvalue weighted by atomic mass is 16.5. The van der Waals surface area contributed by atoms with Gasteiger partial charge in [-0.05, 0) is 12.5 Å². The lowest BCUT2D eigenvalue weighted by atomic mass is 9.80. The van der Waals surface area contributed by atoms with Crippen molar-refractivity contribution in [3.63, 3.8) is 0 Å². The standard InChI is InChI=1S/C19H22O8/c1-9-14(21)16(23)17(24)18(27-9)11-7-19(25,26)8-12(20)13(11)15(22)10-5-3-2-4-6-10/h2-6,8-9,14,16-18,20-21,23-26H,7H2,1H3/t9-,14-,16+,17+,18?/m0/s1. The fraction of sp³-hybridized carbons (Fsp3) is 0.421. The van der Waals surface area contributed by atoms with Crippen molar-refractivity contribution < 1.29 is 40.2 Å². The van der Waals surface area contributed by atoms with E-state index >= 15 is 0 Å². The van der Waals surface area contributed by atoms with Gasteiger partial charge in [0, 0.05) is 18.1 Å². The van der Waals surface area contributed by atoms with Gasteiger partial charge in [-0.1, -0.05) is 30.3 Å². The summed E-state index contributed by atoms with van der Waals surface area (Å²) in [5.41, 5.74) is -0.0637. The van der Waals surface area contributed by atoms with E-state index < -0.39 is 54.3 Å². The minimum atomic E-state index is -2.47. The van der Waals surface area contributed by atoms with Gasteiger partial charge in [-0.2, -0.15) is 0 Å². The van der Waals surface area contributed by atoms with E-state index in [1.54, 1.807) is 18.2 Å². The van der Waals surface area contributed by atoms with Crippen molar-refractivity contribution >= 4 is 5.78 Å². The molecule has 27 heavy (non-hydrogen) atoms. The van der Waals surface area contributed by atoms with Gasteiger partial charge in [0.05, 0.1) is 11.7 Å². The van der Waals surface area contributed by atoms with Crippen molar-refractivity contribution in [1.29, 1.82) is 0 Å². The lowest BCUT2D eigenvalue weighted by Crippen LogP contribution is -2.58. The zero-order valence-corrected chi connectivity index (χ0v) is 14.6. The predicted molar refractivity (Wildman–Crippen MR) is 92.7 cm³/mol. The fourth-order valence-electron chi connectivity index (χ4n) is 3.45. The van der Waals surface area contributed by atoms with Crippen molar-refractivity contribution in [2.45, 2.75) is 49.7 Å². The van der Waals surface area contributed by atoms with Gasteiger partial charge in [-0.25, -0.2) is 0 Å². The molecule has 0 aromatic heterocycles. The molecule has 8 nitrogen and oxygen atoms in total. The van der Waals surface area contributed by atoms with Gasteiger partial charge in [0.25, 0.3) is 0 Å². The van der Waals surface area contributed by atoms with Crippen LogP contribution in [0.4, 0.5) is 0 Å². The van der Waals surface area contributed by atoms with E-state index in [9.17, 15) is 35.4 Å². The van der Waals surface area contributed by atoms with E-state index in [0.29, 0.717) is 0 Å². The van der Waals surface area contributed by atoms with Crippen LogP contribution in [0.25, 0.3) is 0 Å². The number of aliphatic hydroxyl groups excluding tert-OH is 4. The molecule has 0 saturated carbocycles. The number of ketones is 1. The summed E-state index contributed by atoms with van der Waals surface area (Å²) >= 11 is 0. The Kier molecular flexibility index (Phi) is 5.22. The first-order chi connectivity index (χ1) is 12.6. The van der Waals surface area contributed by atoms with Crippen LogP contribution in [0.5, 0.6) is 0 Å². The molecule has 1 heterocycles. The Morgan fingerprint density at radius 3 is 2.33 bits per heavy atom. The number of carbonyl (C=O) groups is 1. The number of ether oxygens (including phenoxy) is 1. The summed E-state index contributed by atoms with van der Waals surface area (Å²) in [4.78, 5) is 12.9. The summed E-state index contributed by atoms with van der Waals surface area (Å²) < 4.78 is 5.55. The molecule has 3 rings (SSSR count). The predicted octanol–water partition coefficient (Wildman–Crippen LogP) is -0.438. The van der Waals surface area contributed by atoms with Gasteiger partial charge < -0.3 is 35.4 Å². The average molecular weight is 378 g/mol. The first-order valence-electron chi connectivity index (χ1n) is 8.52. The van der Waals surface area contributed by atoms with Gasteiger partial charge in [-0.3, -0.25) is 4.79 Å². The lowest BCUT2D eigenvalue weighted by molar-refractivity contribution is -0.211. The van der Waals surface area contributed by atoms with Gasteiger partial charge in [0.15, 0.2) is 11.6 Å². The third-order valence-electron chi connectivity index (χ3n) is 4.85. The van der Waals surface area contributed by atoms with Crippen LogP contribution in [-0.2, 0) is 4.74 Å². The maximum atomic E-state index is 12.9. The molecule has 1 saturated heterocycles. The van der Waals surface area contributed by atoms with Gasteiger partial charge in [-0.15, -0.1) is 0 Å². The monoisotopic (exact) mass is 378 g/mol. The second-order valence-corrected chi connectivity index (χ2v) is 6.91. The van der Waals surface area contributed by atoms with Crippen molar-refractivity contribution in [3.05, 3.63) is 58.9 Å². The summed E-state index contributed by atoms with van der Waals surface area (Å²) in [7, 11) is 0. The molecule has 0 radical (unpaired) electrons. The van der Waals surface area contributed by atoms with E-state index in [2.05, 4.69) is 0 Å². The molecule has 1 aromatic carbocycles. The van der Waals surface area contributed by atoms with Crippen molar-refractivity contribution in [3.8, 4) is 0 Å². The zero-order chi connectivity index (χ0) is 19.9. The normalized spacial score (nSPS) is 33.6. The highest BCUT2D eigenvalue weighted by Crippen LogP contribution is 2.38. The summed E-state index contributed by atoms with van der Waals surface area (Å²) in [5.74, 6) is -3.73. The molecule has 1 aromatic rings.